The molecule has 0 radical (unpaired) electrons. The Kier molecular flexibility index (Phi) is 21.6. The summed E-state index contributed by atoms with van der Waals surface area (Å²) in [5.74, 6) is 2.53. The number of methoxy groups -OCH3 is 2. The van der Waals surface area contributed by atoms with Crippen molar-refractivity contribution in [1.29, 1.82) is 0 Å². The quantitative estimate of drug-likeness (QED) is 0.0668. The van der Waals surface area contributed by atoms with Crippen LogP contribution in [0.25, 0.3) is 0 Å². The summed E-state index contributed by atoms with van der Waals surface area (Å²) in [6, 6.07) is 14.5. The Morgan fingerprint density at radius 1 is 0.707 bits per heavy atom. The average molecular weight is 957 g/mol. The molecule has 0 saturated heterocycles. The number of halogens is 2. The first-order valence-corrected chi connectivity index (χ1v) is 23.1. The Morgan fingerprint density at radius 3 is 1.76 bits per heavy atom. The number of nitrogens with zero attached hydrogens (tertiary/aromatic N) is 2. The Morgan fingerprint density at radius 2 is 1.21 bits per heavy atom. The molecular formula is C41H60Br2N4O10Si. The van der Waals surface area contributed by atoms with Gasteiger partial charge in [-0.15, -0.1) is 0 Å². The summed E-state index contributed by atoms with van der Waals surface area (Å²) in [4.78, 5) is 23.1. The van der Waals surface area contributed by atoms with E-state index in [0.717, 1.165) is 26.0 Å². The Bertz CT molecular complexity index is 1960. The van der Waals surface area contributed by atoms with Gasteiger partial charge in [-0.1, -0.05) is 26.8 Å². The van der Waals surface area contributed by atoms with E-state index in [0.29, 0.717) is 62.5 Å². The number of nitrogens with two attached hydrogens (primary N) is 1. The lowest BCUT2D eigenvalue weighted by Crippen LogP contribution is -2.41. The fraction of sp³-hybridized carbons (Fsp3) is 0.463. The standard InChI is InChI=1S/C18H32O4Si.C17H21BrN2O5.C6H7BrN2O/c1-15-8-9-16(17(14-15)21-11-10-19-5)20-12-13-22-23(6,7)18(2,3)4;1-20-11-12(18)9-14(17(20)22)19-13-3-4-15(24-6-5-21)16(10-13)25-8-7-23-2;1-9-3-4(7)2-5(8)6(9)10/h8-9,14H,10-13H2,1-7H3;3-4,9-11,19,21H,5-8H2,1-2H3;2-3H,8H2,1H3. The lowest BCUT2D eigenvalue weighted by atomic mass is 10.2. The maximum atomic E-state index is 12.2. The van der Waals surface area contributed by atoms with Crippen LogP contribution in [-0.2, 0) is 28.0 Å². The van der Waals surface area contributed by atoms with Crippen LogP contribution in [-0.4, -0.2) is 89.6 Å². The van der Waals surface area contributed by atoms with Crippen LogP contribution < -0.4 is 41.1 Å². The number of aromatic nitrogens is 2. The van der Waals surface area contributed by atoms with Crippen molar-refractivity contribution in [2.24, 2.45) is 14.1 Å². The second kappa shape index (κ2) is 24.9. The molecule has 4 N–H and O–H groups in total. The first-order chi connectivity index (χ1) is 27.3. The topological polar surface area (TPSA) is 167 Å². The number of rotatable bonds is 18. The summed E-state index contributed by atoms with van der Waals surface area (Å²) in [6.45, 7) is 16.3. The number of hydrogen-bond donors (Lipinski definition) is 3. The van der Waals surface area contributed by atoms with Crippen LogP contribution in [0.3, 0.4) is 0 Å². The van der Waals surface area contributed by atoms with Crippen molar-refractivity contribution in [2.75, 3.05) is 78.1 Å². The fourth-order valence-electron chi connectivity index (χ4n) is 4.57. The monoisotopic (exact) mass is 954 g/mol. The van der Waals surface area contributed by atoms with Gasteiger partial charge >= 0.3 is 0 Å². The van der Waals surface area contributed by atoms with Crippen molar-refractivity contribution in [3.05, 3.63) is 96.1 Å². The second-order valence-electron chi connectivity index (χ2n) is 14.5. The third kappa shape index (κ3) is 17.2. The number of aliphatic hydroxyl groups excluding tert-OH is 1. The maximum Gasteiger partial charge on any atom is 0.274 e. The second-order valence-corrected chi connectivity index (χ2v) is 21.1. The van der Waals surface area contributed by atoms with Gasteiger partial charge in [0.15, 0.2) is 31.3 Å². The van der Waals surface area contributed by atoms with E-state index < -0.39 is 8.32 Å². The summed E-state index contributed by atoms with van der Waals surface area (Å²) in [7, 11) is 4.87. The van der Waals surface area contributed by atoms with Crippen molar-refractivity contribution in [2.45, 2.75) is 45.8 Å². The van der Waals surface area contributed by atoms with Gasteiger partial charge in [-0.3, -0.25) is 9.59 Å². The largest absolute Gasteiger partial charge is 0.487 e. The van der Waals surface area contributed by atoms with Gasteiger partial charge in [0.2, 0.25) is 0 Å². The Hall–Kier alpha value is -3.84. The molecule has 4 aromatic rings. The first kappa shape index (κ1) is 50.3. The molecule has 0 aliphatic heterocycles. The van der Waals surface area contributed by atoms with Gasteiger partial charge in [0.05, 0.1) is 32.1 Å². The zero-order valence-electron chi connectivity index (χ0n) is 35.3. The molecule has 0 aliphatic rings. The normalized spacial score (nSPS) is 11.1. The lowest BCUT2D eigenvalue weighted by molar-refractivity contribution is 0.141. The van der Waals surface area contributed by atoms with Gasteiger partial charge < -0.3 is 58.1 Å². The van der Waals surface area contributed by atoms with Crippen LogP contribution in [0, 0.1) is 6.92 Å². The number of hydrogen-bond acceptors (Lipinski definition) is 12. The molecule has 0 aliphatic carbocycles. The van der Waals surface area contributed by atoms with Crippen LogP contribution >= 0.6 is 31.9 Å². The number of pyridine rings is 2. The predicted molar refractivity (Wildman–Crippen MR) is 240 cm³/mol. The summed E-state index contributed by atoms with van der Waals surface area (Å²) in [6.07, 6.45) is 3.36. The molecule has 322 valence electrons. The molecule has 14 nitrogen and oxygen atoms in total. The zero-order chi connectivity index (χ0) is 43.5. The molecule has 0 bridgehead atoms. The van der Waals surface area contributed by atoms with Gasteiger partial charge in [0, 0.05) is 61.4 Å². The van der Waals surface area contributed by atoms with Crippen LogP contribution in [0.5, 0.6) is 23.0 Å². The third-order valence-electron chi connectivity index (χ3n) is 8.70. The number of benzene rings is 2. The summed E-state index contributed by atoms with van der Waals surface area (Å²) >= 11 is 6.58. The van der Waals surface area contributed by atoms with E-state index in [9.17, 15) is 9.59 Å². The highest BCUT2D eigenvalue weighted by Crippen LogP contribution is 2.36. The lowest BCUT2D eigenvalue weighted by Gasteiger charge is -2.36. The van der Waals surface area contributed by atoms with E-state index in [2.05, 4.69) is 71.0 Å². The molecule has 0 saturated carbocycles. The molecule has 0 fully saturated rings. The van der Waals surface area contributed by atoms with E-state index in [1.165, 1.54) is 9.13 Å². The van der Waals surface area contributed by atoms with E-state index in [1.54, 1.807) is 71.0 Å². The van der Waals surface area contributed by atoms with E-state index in [-0.39, 0.29) is 35.1 Å². The average Bonchev–Trinajstić information content (AvgIpc) is 3.15. The molecule has 58 heavy (non-hydrogen) atoms. The van der Waals surface area contributed by atoms with Crippen LogP contribution in [0.15, 0.2) is 79.5 Å². The van der Waals surface area contributed by atoms with Crippen molar-refractivity contribution in [1.82, 2.24) is 9.13 Å². The van der Waals surface area contributed by atoms with Crippen molar-refractivity contribution < 1.29 is 38.0 Å². The summed E-state index contributed by atoms with van der Waals surface area (Å²) in [5.41, 5.74) is 7.56. The molecular weight excluding hydrogens is 896 g/mol. The van der Waals surface area contributed by atoms with E-state index >= 15 is 0 Å². The number of nitrogens with one attached hydrogen (secondary N) is 1. The van der Waals surface area contributed by atoms with Gasteiger partial charge in [-0.2, -0.15) is 0 Å². The van der Waals surface area contributed by atoms with Gasteiger partial charge in [-0.05, 0) is 98.9 Å². The highest BCUT2D eigenvalue weighted by atomic mass is 79.9. The van der Waals surface area contributed by atoms with Gasteiger partial charge in [-0.25, -0.2) is 0 Å². The molecule has 17 heteroatoms. The summed E-state index contributed by atoms with van der Waals surface area (Å²) in [5, 5.41) is 12.2. The molecule has 2 aromatic heterocycles. The number of nitrogen functional groups attached to an aromatic ring is 1. The number of aryl methyl sites for hydroxylation is 3. The number of aliphatic hydroxyl groups is 1. The van der Waals surface area contributed by atoms with Crippen LogP contribution in [0.4, 0.5) is 17.1 Å². The minimum Gasteiger partial charge on any atom is -0.487 e. The summed E-state index contributed by atoms with van der Waals surface area (Å²) < 4.78 is 43.4. The number of ether oxygens (including phenoxy) is 6. The maximum absolute atomic E-state index is 12.2. The minimum absolute atomic E-state index is 0.0917. The Labute approximate surface area is 359 Å². The highest BCUT2D eigenvalue weighted by molar-refractivity contribution is 9.10. The first-order valence-electron chi connectivity index (χ1n) is 18.6. The molecule has 2 heterocycles. The molecule has 0 atom stereocenters. The SMILES string of the molecule is COCCOc1cc(C)ccc1OCCO[Si](C)(C)C(C)(C)C.COCCOc1cc(Nc2cc(Br)cn(C)c2=O)ccc1OCCO.Cn1cc(Br)cc(N)c1=O. The zero-order valence-corrected chi connectivity index (χ0v) is 39.5. The smallest absolute Gasteiger partial charge is 0.274 e. The van der Waals surface area contributed by atoms with Gasteiger partial charge in [0.25, 0.3) is 11.1 Å². The predicted octanol–water partition coefficient (Wildman–Crippen LogP) is 7.44. The molecule has 2 aromatic carbocycles. The van der Waals surface area contributed by atoms with Crippen molar-refractivity contribution in [3.8, 4) is 23.0 Å². The highest BCUT2D eigenvalue weighted by Gasteiger charge is 2.37. The van der Waals surface area contributed by atoms with Crippen LogP contribution in [0.2, 0.25) is 18.1 Å². The van der Waals surface area contributed by atoms with E-state index in [1.807, 2.05) is 25.1 Å². The van der Waals surface area contributed by atoms with Crippen molar-refractivity contribution in [3.63, 3.8) is 0 Å². The fourth-order valence-corrected chi connectivity index (χ4v) is 6.68. The molecule has 4 rings (SSSR count). The molecule has 0 amide bonds. The third-order valence-corrected chi connectivity index (χ3v) is 14.1. The molecule has 0 unspecified atom stereocenters. The Balaban J connectivity index is 0.000000325. The van der Waals surface area contributed by atoms with Gasteiger partial charge in [0.1, 0.15) is 32.1 Å². The minimum atomic E-state index is -1.72. The van der Waals surface area contributed by atoms with Crippen molar-refractivity contribution >= 4 is 57.2 Å². The van der Waals surface area contributed by atoms with E-state index in [4.69, 9.17) is 43.7 Å². The molecule has 0 spiro atoms. The number of anilines is 3. The van der Waals surface area contributed by atoms with Crippen LogP contribution in [0.1, 0.15) is 26.3 Å².